The summed E-state index contributed by atoms with van der Waals surface area (Å²) in [6.45, 7) is 7.32. The number of primary amides is 1. The van der Waals surface area contributed by atoms with Crippen LogP contribution in [0.15, 0.2) is 73.1 Å². The molecule has 0 bridgehead atoms. The molecule has 0 radical (unpaired) electrons. The average Bonchev–Trinajstić information content (AvgIpc) is 3.63. The first-order valence-corrected chi connectivity index (χ1v) is 14.4. The lowest BCUT2D eigenvalue weighted by molar-refractivity contribution is -0.122. The van der Waals surface area contributed by atoms with Crippen LogP contribution in [0, 0.1) is 0 Å². The summed E-state index contributed by atoms with van der Waals surface area (Å²) in [4.78, 5) is 24.5. The van der Waals surface area contributed by atoms with Gasteiger partial charge in [0, 0.05) is 60.8 Å². The van der Waals surface area contributed by atoms with Crippen LogP contribution in [-0.2, 0) is 22.6 Å². The molecule has 1 saturated heterocycles. The van der Waals surface area contributed by atoms with Crippen molar-refractivity contribution in [2.75, 3.05) is 40.4 Å². The van der Waals surface area contributed by atoms with E-state index in [0.717, 1.165) is 89.6 Å². The Morgan fingerprint density at radius 3 is 2.40 bits per heavy atom. The number of hydrogen-bond acceptors (Lipinski definition) is 6. The van der Waals surface area contributed by atoms with E-state index in [4.69, 9.17) is 15.6 Å². The molecule has 42 heavy (non-hydrogen) atoms. The number of benzene rings is 2. The Labute approximate surface area is 245 Å². The number of aromatic amines is 1. The van der Waals surface area contributed by atoms with Gasteiger partial charge in [0.25, 0.3) is 0 Å². The summed E-state index contributed by atoms with van der Waals surface area (Å²) in [6, 6.07) is 20.4. The van der Waals surface area contributed by atoms with E-state index < -0.39 is 6.04 Å². The number of nitrogens with one attached hydrogen (secondary N) is 1. The first-order valence-electron chi connectivity index (χ1n) is 14.4. The van der Waals surface area contributed by atoms with Crippen LogP contribution < -0.4 is 5.73 Å². The molecule has 1 unspecified atom stereocenters. The van der Waals surface area contributed by atoms with Gasteiger partial charge in [-0.3, -0.25) is 19.3 Å². The summed E-state index contributed by atoms with van der Waals surface area (Å²) in [7, 11) is 3.70. The smallest absolute Gasteiger partial charge is 0.239 e. The van der Waals surface area contributed by atoms with Gasteiger partial charge < -0.3 is 15.5 Å². The van der Waals surface area contributed by atoms with Crippen molar-refractivity contribution in [3.8, 4) is 33.6 Å². The van der Waals surface area contributed by atoms with Gasteiger partial charge in [-0.15, -0.1) is 0 Å². The van der Waals surface area contributed by atoms with E-state index in [1.54, 1.807) is 0 Å². The number of amides is 1. The van der Waals surface area contributed by atoms with Gasteiger partial charge in [-0.25, -0.2) is 4.98 Å². The summed E-state index contributed by atoms with van der Waals surface area (Å²) in [5.41, 5.74) is 14.7. The Morgan fingerprint density at radius 1 is 1.02 bits per heavy atom. The van der Waals surface area contributed by atoms with Crippen molar-refractivity contribution in [3.05, 3.63) is 84.2 Å². The Morgan fingerprint density at radius 2 is 1.74 bits per heavy atom. The summed E-state index contributed by atoms with van der Waals surface area (Å²) in [5, 5.41) is 5.96. The van der Waals surface area contributed by atoms with Crippen molar-refractivity contribution in [2.45, 2.75) is 26.1 Å². The highest BCUT2D eigenvalue weighted by atomic mass is 16.5. The summed E-state index contributed by atoms with van der Waals surface area (Å²) < 4.78 is 7.44. The van der Waals surface area contributed by atoms with Crippen LogP contribution in [0.25, 0.3) is 44.7 Å². The highest BCUT2D eigenvalue weighted by Gasteiger charge is 2.22. The van der Waals surface area contributed by atoms with Gasteiger partial charge in [0.15, 0.2) is 0 Å². The van der Waals surface area contributed by atoms with Gasteiger partial charge in [0.2, 0.25) is 5.91 Å². The maximum atomic E-state index is 12.1. The molecule has 4 heterocycles. The van der Waals surface area contributed by atoms with E-state index in [0.29, 0.717) is 0 Å². The molecule has 9 nitrogen and oxygen atoms in total. The first-order chi connectivity index (χ1) is 20.4. The number of nitrogens with zero attached hydrogens (tertiary/aromatic N) is 5. The Bertz CT molecular complexity index is 1680. The van der Waals surface area contributed by atoms with Crippen molar-refractivity contribution < 1.29 is 9.53 Å². The van der Waals surface area contributed by atoms with Gasteiger partial charge in [-0.1, -0.05) is 48.5 Å². The van der Waals surface area contributed by atoms with E-state index in [1.165, 1.54) is 5.56 Å². The fourth-order valence-corrected chi connectivity index (χ4v) is 5.76. The molecule has 0 spiro atoms. The SMILES string of the molecule is CCn1cc(-c2ccnc3[nH]c(-c4ccc(CN5CCOCC5)cc4)cc23)c(-c2ccc(C(C(N)=O)N(C)C)cc2)n1. The van der Waals surface area contributed by atoms with Crippen molar-refractivity contribution >= 4 is 16.9 Å². The third kappa shape index (κ3) is 5.59. The number of fused-ring (bicyclic) bond motifs is 1. The largest absolute Gasteiger partial charge is 0.379 e. The molecule has 3 aromatic heterocycles. The number of morpholine rings is 1. The minimum atomic E-state index is -0.488. The van der Waals surface area contributed by atoms with Crippen molar-refractivity contribution in [3.63, 3.8) is 0 Å². The van der Waals surface area contributed by atoms with Crippen molar-refractivity contribution in [2.24, 2.45) is 5.73 Å². The van der Waals surface area contributed by atoms with Gasteiger partial charge in [0.1, 0.15) is 17.4 Å². The minimum Gasteiger partial charge on any atom is -0.379 e. The maximum Gasteiger partial charge on any atom is 0.239 e. The lowest BCUT2D eigenvalue weighted by atomic mass is 9.97. The predicted molar refractivity (Wildman–Crippen MR) is 166 cm³/mol. The van der Waals surface area contributed by atoms with E-state index in [9.17, 15) is 4.79 Å². The molecule has 1 aliphatic heterocycles. The normalized spacial score (nSPS) is 15.0. The second kappa shape index (κ2) is 11.9. The fourth-order valence-electron chi connectivity index (χ4n) is 5.76. The van der Waals surface area contributed by atoms with Crippen LogP contribution >= 0.6 is 0 Å². The van der Waals surface area contributed by atoms with E-state index in [2.05, 4.69) is 64.4 Å². The van der Waals surface area contributed by atoms with Crippen LogP contribution in [0.2, 0.25) is 0 Å². The number of likely N-dealkylation sites (N-methyl/N-ethyl adjacent to an activating group) is 1. The molecule has 0 saturated carbocycles. The van der Waals surface area contributed by atoms with E-state index in [-0.39, 0.29) is 5.91 Å². The third-order valence-electron chi connectivity index (χ3n) is 7.97. The maximum absolute atomic E-state index is 12.1. The fraction of sp³-hybridized carbons (Fsp3) is 0.303. The highest BCUT2D eigenvalue weighted by Crippen LogP contribution is 2.37. The topological polar surface area (TPSA) is 105 Å². The number of carbonyl (C=O) groups excluding carboxylic acids is 1. The van der Waals surface area contributed by atoms with Gasteiger partial charge >= 0.3 is 0 Å². The number of pyridine rings is 1. The van der Waals surface area contributed by atoms with Crippen LogP contribution in [0.5, 0.6) is 0 Å². The van der Waals surface area contributed by atoms with Crippen LogP contribution in [0.4, 0.5) is 0 Å². The molecule has 0 aliphatic carbocycles. The third-order valence-corrected chi connectivity index (χ3v) is 7.97. The molecule has 1 amide bonds. The highest BCUT2D eigenvalue weighted by molar-refractivity contribution is 5.99. The molecule has 6 rings (SSSR count). The molecule has 216 valence electrons. The molecule has 1 atom stereocenters. The number of nitrogens with two attached hydrogens (primary N) is 1. The zero-order valence-electron chi connectivity index (χ0n) is 24.4. The number of rotatable bonds is 9. The lowest BCUT2D eigenvalue weighted by Crippen LogP contribution is -2.35. The van der Waals surface area contributed by atoms with Crippen LogP contribution in [0.3, 0.4) is 0 Å². The monoisotopic (exact) mass is 563 g/mol. The molecule has 9 heteroatoms. The number of hydrogen-bond donors (Lipinski definition) is 2. The Hall–Kier alpha value is -4.31. The van der Waals surface area contributed by atoms with Crippen molar-refractivity contribution in [1.82, 2.24) is 29.5 Å². The quantitative estimate of drug-likeness (QED) is 0.269. The Balaban J connectivity index is 1.33. The zero-order chi connectivity index (χ0) is 29.2. The standard InChI is InChI=1S/C33H37N7O2/c1-4-40-21-28(30(37-40)24-9-11-25(12-10-24)31(32(34)41)38(2)3)26-13-14-35-33-27(26)19-29(36-33)23-7-5-22(6-8-23)20-39-15-17-42-18-16-39/h5-14,19,21,31H,4,15-18,20H2,1-3H3,(H2,34,41)(H,35,36). The van der Waals surface area contributed by atoms with Gasteiger partial charge in [-0.05, 0) is 55.4 Å². The average molecular weight is 564 g/mol. The minimum absolute atomic E-state index is 0.377. The van der Waals surface area contributed by atoms with E-state index >= 15 is 0 Å². The number of aryl methyl sites for hydroxylation is 1. The molecule has 5 aromatic rings. The lowest BCUT2D eigenvalue weighted by Gasteiger charge is -2.26. The number of carbonyl (C=O) groups is 1. The summed E-state index contributed by atoms with van der Waals surface area (Å²) in [6.07, 6.45) is 3.94. The molecular weight excluding hydrogens is 526 g/mol. The summed E-state index contributed by atoms with van der Waals surface area (Å²) in [5.74, 6) is -0.377. The van der Waals surface area contributed by atoms with Gasteiger partial charge in [-0.2, -0.15) is 5.10 Å². The zero-order valence-corrected chi connectivity index (χ0v) is 24.4. The first kappa shape index (κ1) is 27.8. The molecular formula is C33H37N7O2. The second-order valence-corrected chi connectivity index (χ2v) is 11.0. The Kier molecular flexibility index (Phi) is 7.88. The second-order valence-electron chi connectivity index (χ2n) is 11.0. The molecule has 1 aliphatic rings. The van der Waals surface area contributed by atoms with Crippen molar-refractivity contribution in [1.29, 1.82) is 0 Å². The van der Waals surface area contributed by atoms with Gasteiger partial charge in [0.05, 0.1) is 13.2 Å². The van der Waals surface area contributed by atoms with Crippen LogP contribution in [0.1, 0.15) is 24.1 Å². The predicted octanol–water partition coefficient (Wildman–Crippen LogP) is 4.70. The number of aromatic nitrogens is 4. The molecule has 2 aromatic carbocycles. The van der Waals surface area contributed by atoms with Crippen LogP contribution in [-0.4, -0.2) is 75.9 Å². The summed E-state index contributed by atoms with van der Waals surface area (Å²) >= 11 is 0. The molecule has 1 fully saturated rings. The number of ether oxygens (including phenoxy) is 1. The number of H-pyrrole nitrogens is 1. The van der Waals surface area contributed by atoms with E-state index in [1.807, 2.05) is 54.1 Å². The molecule has 3 N–H and O–H groups in total.